The molecule has 0 aliphatic rings. The van der Waals surface area contributed by atoms with Gasteiger partial charge in [0, 0.05) is 6.54 Å². The van der Waals surface area contributed by atoms with E-state index in [1.165, 1.54) is 25.3 Å². The summed E-state index contributed by atoms with van der Waals surface area (Å²) in [4.78, 5) is 10.4. The van der Waals surface area contributed by atoms with E-state index in [-0.39, 0.29) is 4.90 Å². The highest BCUT2D eigenvalue weighted by Gasteiger charge is 2.20. The molecule has 0 aliphatic carbocycles. The number of rotatable bonds is 6. The first-order valence-electron chi connectivity index (χ1n) is 5.33. The van der Waals surface area contributed by atoms with Crippen LogP contribution in [0.25, 0.3) is 0 Å². The summed E-state index contributed by atoms with van der Waals surface area (Å²) >= 11 is 0. The van der Waals surface area contributed by atoms with Crippen LogP contribution >= 0.6 is 0 Å². The van der Waals surface area contributed by atoms with E-state index in [1.807, 2.05) is 4.72 Å². The molecule has 19 heavy (non-hydrogen) atoms. The summed E-state index contributed by atoms with van der Waals surface area (Å²) in [5.41, 5.74) is 0.629. The molecule has 0 heterocycles. The first kappa shape index (κ1) is 15.4. The number of hydrogen-bond donors (Lipinski definition) is 3. The number of carbonyl (C=O) groups is 1. The van der Waals surface area contributed by atoms with E-state index in [9.17, 15) is 13.2 Å². The lowest BCUT2D eigenvalue weighted by atomic mass is 10.2. The quantitative estimate of drug-likeness (QED) is 0.664. The molecule has 0 aliphatic heterocycles. The van der Waals surface area contributed by atoms with Gasteiger partial charge in [-0.2, -0.15) is 0 Å². The summed E-state index contributed by atoms with van der Waals surface area (Å²) in [6.07, 6.45) is -1.78. The molecule has 1 atom stereocenters. The van der Waals surface area contributed by atoms with Crippen molar-refractivity contribution in [1.29, 1.82) is 0 Å². The highest BCUT2D eigenvalue weighted by molar-refractivity contribution is 7.89. The van der Waals surface area contributed by atoms with Crippen LogP contribution in [-0.2, 0) is 14.8 Å². The summed E-state index contributed by atoms with van der Waals surface area (Å²) < 4.78 is 30.7. The number of carboxylic acid groups (broad SMARTS) is 1. The lowest BCUT2D eigenvalue weighted by molar-refractivity contribution is -0.146. The van der Waals surface area contributed by atoms with Gasteiger partial charge in [0.1, 0.15) is 5.75 Å². The second kappa shape index (κ2) is 6.00. The molecule has 0 saturated heterocycles. The van der Waals surface area contributed by atoms with Crippen LogP contribution in [0.1, 0.15) is 5.56 Å². The number of nitrogens with one attached hydrogen (secondary N) is 1. The molecule has 1 aromatic rings. The Hall–Kier alpha value is -1.64. The molecule has 8 heteroatoms. The van der Waals surface area contributed by atoms with Gasteiger partial charge >= 0.3 is 5.97 Å². The van der Waals surface area contributed by atoms with Gasteiger partial charge in [-0.25, -0.2) is 17.9 Å². The van der Waals surface area contributed by atoms with Crippen molar-refractivity contribution in [1.82, 2.24) is 4.72 Å². The Labute approximate surface area is 110 Å². The Morgan fingerprint density at radius 2 is 2.11 bits per heavy atom. The summed E-state index contributed by atoms with van der Waals surface area (Å²) in [7, 11) is -2.40. The molecule has 1 rings (SSSR count). The van der Waals surface area contributed by atoms with E-state index in [4.69, 9.17) is 14.9 Å². The molecular formula is C11H15NO6S. The Morgan fingerprint density at radius 1 is 1.47 bits per heavy atom. The SMILES string of the molecule is COc1ccc(S(=O)(=O)NC[C@H](O)C(=O)O)cc1C. The van der Waals surface area contributed by atoms with E-state index >= 15 is 0 Å². The zero-order chi connectivity index (χ0) is 14.6. The van der Waals surface area contributed by atoms with Gasteiger partial charge in [-0.1, -0.05) is 0 Å². The lowest BCUT2D eigenvalue weighted by Crippen LogP contribution is -2.36. The molecule has 0 radical (unpaired) electrons. The van der Waals surface area contributed by atoms with E-state index in [1.54, 1.807) is 6.92 Å². The number of methoxy groups -OCH3 is 1. The topological polar surface area (TPSA) is 113 Å². The third-order valence-electron chi connectivity index (χ3n) is 2.43. The summed E-state index contributed by atoms with van der Waals surface area (Å²) in [5, 5.41) is 17.5. The van der Waals surface area contributed by atoms with Gasteiger partial charge in [-0.15, -0.1) is 0 Å². The van der Waals surface area contributed by atoms with Crippen molar-refractivity contribution in [3.8, 4) is 5.75 Å². The van der Waals surface area contributed by atoms with Crippen LogP contribution in [0.15, 0.2) is 23.1 Å². The number of aliphatic hydroxyl groups is 1. The van der Waals surface area contributed by atoms with E-state index in [0.717, 1.165) is 0 Å². The molecule has 1 aromatic carbocycles. The minimum absolute atomic E-state index is 0.0246. The number of benzene rings is 1. The molecule has 106 valence electrons. The number of sulfonamides is 1. The van der Waals surface area contributed by atoms with Crippen molar-refractivity contribution in [2.75, 3.05) is 13.7 Å². The maximum absolute atomic E-state index is 11.9. The fourth-order valence-electron chi connectivity index (χ4n) is 1.38. The number of aryl methyl sites for hydroxylation is 1. The van der Waals surface area contributed by atoms with Gasteiger partial charge in [0.15, 0.2) is 6.10 Å². The molecule has 0 amide bonds. The van der Waals surface area contributed by atoms with Crippen LogP contribution in [0, 0.1) is 6.92 Å². The van der Waals surface area contributed by atoms with Crippen molar-refractivity contribution in [3.05, 3.63) is 23.8 Å². The average molecular weight is 289 g/mol. The maximum Gasteiger partial charge on any atom is 0.333 e. The van der Waals surface area contributed by atoms with Gasteiger partial charge in [-0.05, 0) is 30.7 Å². The zero-order valence-electron chi connectivity index (χ0n) is 10.5. The van der Waals surface area contributed by atoms with E-state index in [2.05, 4.69) is 0 Å². The van der Waals surface area contributed by atoms with Crippen LogP contribution in [-0.4, -0.2) is 44.4 Å². The highest BCUT2D eigenvalue weighted by atomic mass is 32.2. The number of hydrogen-bond acceptors (Lipinski definition) is 5. The monoisotopic (exact) mass is 289 g/mol. The highest BCUT2D eigenvalue weighted by Crippen LogP contribution is 2.21. The third kappa shape index (κ3) is 3.91. The van der Waals surface area contributed by atoms with Crippen molar-refractivity contribution < 1.29 is 28.2 Å². The predicted octanol–water partition coefficient (Wildman–Crippen LogP) is -0.273. The lowest BCUT2D eigenvalue weighted by Gasteiger charge is -2.10. The predicted molar refractivity (Wildman–Crippen MR) is 66.6 cm³/mol. The molecule has 0 spiro atoms. The Morgan fingerprint density at radius 3 is 2.58 bits per heavy atom. The van der Waals surface area contributed by atoms with Crippen LogP contribution in [0.3, 0.4) is 0 Å². The number of carboxylic acids is 1. The fourth-order valence-corrected chi connectivity index (χ4v) is 2.50. The number of aliphatic hydroxyl groups excluding tert-OH is 1. The minimum Gasteiger partial charge on any atom is -0.496 e. The normalized spacial score (nSPS) is 13.0. The summed E-state index contributed by atoms with van der Waals surface area (Å²) in [5.74, 6) is -0.946. The van der Waals surface area contributed by atoms with Crippen molar-refractivity contribution in [2.45, 2.75) is 17.9 Å². The molecule has 0 unspecified atom stereocenters. The first-order valence-corrected chi connectivity index (χ1v) is 6.81. The van der Waals surface area contributed by atoms with Crippen molar-refractivity contribution in [2.24, 2.45) is 0 Å². The summed E-state index contributed by atoms with van der Waals surface area (Å²) in [6, 6.07) is 4.23. The number of ether oxygens (including phenoxy) is 1. The fraction of sp³-hybridized carbons (Fsp3) is 0.364. The standard InChI is InChI=1S/C11H15NO6S/c1-7-5-8(3-4-10(7)18-2)19(16,17)12-6-9(13)11(14)15/h3-5,9,12-13H,6H2,1-2H3,(H,14,15)/t9-/m0/s1. The molecule has 0 bridgehead atoms. The van der Waals surface area contributed by atoms with Crippen LogP contribution in [0.4, 0.5) is 0 Å². The third-order valence-corrected chi connectivity index (χ3v) is 3.85. The molecule has 0 saturated carbocycles. The van der Waals surface area contributed by atoms with Gasteiger partial charge in [0.05, 0.1) is 12.0 Å². The largest absolute Gasteiger partial charge is 0.496 e. The minimum atomic E-state index is -3.87. The Balaban J connectivity index is 2.89. The van der Waals surface area contributed by atoms with E-state index < -0.39 is 28.6 Å². The maximum atomic E-state index is 11.9. The molecular weight excluding hydrogens is 274 g/mol. The van der Waals surface area contributed by atoms with Crippen LogP contribution in [0.5, 0.6) is 5.75 Å². The van der Waals surface area contributed by atoms with Crippen molar-refractivity contribution in [3.63, 3.8) is 0 Å². The summed E-state index contributed by atoms with van der Waals surface area (Å²) in [6.45, 7) is 1.09. The van der Waals surface area contributed by atoms with Crippen molar-refractivity contribution >= 4 is 16.0 Å². The molecule has 3 N–H and O–H groups in total. The molecule has 0 aromatic heterocycles. The van der Waals surface area contributed by atoms with Crippen LogP contribution in [0.2, 0.25) is 0 Å². The van der Waals surface area contributed by atoms with Gasteiger partial charge in [0.2, 0.25) is 10.0 Å². The second-order valence-electron chi connectivity index (χ2n) is 3.84. The van der Waals surface area contributed by atoms with Gasteiger partial charge < -0.3 is 14.9 Å². The molecule has 0 fully saturated rings. The Kier molecular flexibility index (Phi) is 4.87. The van der Waals surface area contributed by atoms with Gasteiger partial charge in [0.25, 0.3) is 0 Å². The van der Waals surface area contributed by atoms with Gasteiger partial charge in [-0.3, -0.25) is 0 Å². The van der Waals surface area contributed by atoms with E-state index in [0.29, 0.717) is 11.3 Å². The first-order chi connectivity index (χ1) is 8.77. The molecule has 7 nitrogen and oxygen atoms in total. The second-order valence-corrected chi connectivity index (χ2v) is 5.60. The average Bonchev–Trinajstić information content (AvgIpc) is 2.35. The Bertz CT molecular complexity index is 569. The smallest absolute Gasteiger partial charge is 0.333 e. The zero-order valence-corrected chi connectivity index (χ0v) is 11.3. The number of aliphatic carboxylic acids is 1. The van der Waals surface area contributed by atoms with Crippen LogP contribution < -0.4 is 9.46 Å².